The third-order valence-corrected chi connectivity index (χ3v) is 5.37. The lowest BCUT2D eigenvalue weighted by atomic mass is 10.0. The van der Waals surface area contributed by atoms with Gasteiger partial charge in [-0.2, -0.15) is 0 Å². The van der Waals surface area contributed by atoms with Gasteiger partial charge in [-0.25, -0.2) is 12.7 Å². The molecule has 0 radical (unpaired) electrons. The van der Waals surface area contributed by atoms with Crippen molar-refractivity contribution in [3.63, 3.8) is 0 Å². The van der Waals surface area contributed by atoms with Gasteiger partial charge in [0.2, 0.25) is 10.0 Å². The summed E-state index contributed by atoms with van der Waals surface area (Å²) < 4.78 is 31.5. The number of rotatable bonds is 5. The second-order valence-corrected chi connectivity index (χ2v) is 7.44. The van der Waals surface area contributed by atoms with Crippen molar-refractivity contribution < 1.29 is 13.2 Å². The predicted octanol–water partition coefficient (Wildman–Crippen LogP) is 1.46. The number of nitrogen functional groups attached to an aromatic ring is 1. The molecule has 2 rings (SSSR count). The number of sulfonamides is 1. The van der Waals surface area contributed by atoms with Crippen molar-refractivity contribution in [2.24, 2.45) is 5.92 Å². The predicted molar refractivity (Wildman–Crippen MR) is 79.7 cm³/mol. The van der Waals surface area contributed by atoms with E-state index in [1.165, 1.54) is 4.31 Å². The third kappa shape index (κ3) is 4.19. The van der Waals surface area contributed by atoms with Crippen LogP contribution in [0.4, 0.5) is 5.69 Å². The molecule has 0 amide bonds. The van der Waals surface area contributed by atoms with Gasteiger partial charge in [0.05, 0.1) is 12.4 Å². The van der Waals surface area contributed by atoms with Crippen molar-refractivity contribution in [3.05, 3.63) is 29.8 Å². The summed E-state index contributed by atoms with van der Waals surface area (Å²) in [5.74, 6) is 0.312. The average Bonchev–Trinajstić information content (AvgIpc) is 2.42. The van der Waals surface area contributed by atoms with Crippen LogP contribution >= 0.6 is 0 Å². The minimum Gasteiger partial charge on any atom is -0.399 e. The Morgan fingerprint density at radius 2 is 2.05 bits per heavy atom. The zero-order valence-electron chi connectivity index (χ0n) is 11.8. The molecule has 0 aromatic heterocycles. The van der Waals surface area contributed by atoms with E-state index in [4.69, 9.17) is 10.5 Å². The Hall–Kier alpha value is -1.11. The standard InChI is InChI=1S/C14H22N2O3S/c1-16(9-13-3-2-8-19-10-13)20(17,18)11-12-4-6-14(15)7-5-12/h4-7,13H,2-3,8-11,15H2,1H3. The van der Waals surface area contributed by atoms with Gasteiger partial charge in [-0.1, -0.05) is 12.1 Å². The highest BCUT2D eigenvalue weighted by atomic mass is 32.2. The number of benzene rings is 1. The molecule has 1 aliphatic rings. The van der Waals surface area contributed by atoms with Crippen LogP contribution in [0, 0.1) is 5.92 Å². The Balaban J connectivity index is 1.96. The van der Waals surface area contributed by atoms with E-state index in [0.29, 0.717) is 24.8 Å². The van der Waals surface area contributed by atoms with Crippen molar-refractivity contribution in [2.75, 3.05) is 32.5 Å². The fourth-order valence-electron chi connectivity index (χ4n) is 2.36. The largest absolute Gasteiger partial charge is 0.399 e. The van der Waals surface area contributed by atoms with Gasteiger partial charge in [-0.05, 0) is 36.5 Å². The van der Waals surface area contributed by atoms with Crippen molar-refractivity contribution in [2.45, 2.75) is 18.6 Å². The van der Waals surface area contributed by atoms with Crippen molar-refractivity contribution >= 4 is 15.7 Å². The smallest absolute Gasteiger partial charge is 0.218 e. The number of hydrogen-bond donors (Lipinski definition) is 1. The molecule has 0 saturated carbocycles. The molecule has 2 N–H and O–H groups in total. The van der Waals surface area contributed by atoms with E-state index < -0.39 is 10.0 Å². The van der Waals surface area contributed by atoms with E-state index in [1.54, 1.807) is 31.3 Å². The van der Waals surface area contributed by atoms with Crippen LogP contribution in [-0.4, -0.2) is 39.5 Å². The van der Waals surface area contributed by atoms with Crippen molar-refractivity contribution in [1.82, 2.24) is 4.31 Å². The van der Waals surface area contributed by atoms with Crippen LogP contribution in [0.1, 0.15) is 18.4 Å². The van der Waals surface area contributed by atoms with E-state index in [9.17, 15) is 8.42 Å². The summed E-state index contributed by atoms with van der Waals surface area (Å²) >= 11 is 0. The first-order valence-corrected chi connectivity index (χ1v) is 8.44. The van der Waals surface area contributed by atoms with E-state index in [2.05, 4.69) is 0 Å². The minimum absolute atomic E-state index is 0.0113. The fraction of sp³-hybridized carbons (Fsp3) is 0.571. The Bertz CT molecular complexity index is 522. The molecule has 1 heterocycles. The summed E-state index contributed by atoms with van der Waals surface area (Å²) in [7, 11) is -1.65. The normalized spacial score (nSPS) is 20.2. The molecule has 0 aliphatic carbocycles. The molecule has 0 spiro atoms. The van der Waals surface area contributed by atoms with Gasteiger partial charge in [-0.3, -0.25) is 0 Å². The van der Waals surface area contributed by atoms with Gasteiger partial charge in [0.1, 0.15) is 0 Å². The van der Waals surface area contributed by atoms with Crippen LogP contribution in [0.25, 0.3) is 0 Å². The number of ether oxygens (including phenoxy) is 1. The van der Waals surface area contributed by atoms with Crippen LogP contribution in [0.5, 0.6) is 0 Å². The molecular weight excluding hydrogens is 276 g/mol. The molecular formula is C14H22N2O3S. The van der Waals surface area contributed by atoms with Gasteiger partial charge < -0.3 is 10.5 Å². The van der Waals surface area contributed by atoms with Crippen LogP contribution in [-0.2, 0) is 20.5 Å². The molecule has 1 unspecified atom stereocenters. The van der Waals surface area contributed by atoms with E-state index >= 15 is 0 Å². The molecule has 1 aliphatic heterocycles. The lowest BCUT2D eigenvalue weighted by Crippen LogP contribution is -2.35. The second kappa shape index (κ2) is 6.56. The molecule has 1 fully saturated rings. The van der Waals surface area contributed by atoms with Crippen LogP contribution in [0.15, 0.2) is 24.3 Å². The monoisotopic (exact) mass is 298 g/mol. The summed E-state index contributed by atoms with van der Waals surface area (Å²) in [5, 5.41) is 0. The van der Waals surface area contributed by atoms with E-state index in [1.807, 2.05) is 0 Å². The van der Waals surface area contributed by atoms with Crippen LogP contribution in [0.3, 0.4) is 0 Å². The highest BCUT2D eigenvalue weighted by Crippen LogP contribution is 2.18. The lowest BCUT2D eigenvalue weighted by Gasteiger charge is -2.26. The van der Waals surface area contributed by atoms with Gasteiger partial charge in [0.15, 0.2) is 0 Å². The fourth-order valence-corrected chi connectivity index (χ4v) is 3.64. The summed E-state index contributed by atoms with van der Waals surface area (Å²) in [6.07, 6.45) is 2.04. The quantitative estimate of drug-likeness (QED) is 0.835. The summed E-state index contributed by atoms with van der Waals surface area (Å²) in [6.45, 7) is 1.97. The molecule has 5 nitrogen and oxygen atoms in total. The third-order valence-electron chi connectivity index (χ3n) is 3.57. The minimum atomic E-state index is -3.29. The van der Waals surface area contributed by atoms with Gasteiger partial charge >= 0.3 is 0 Å². The van der Waals surface area contributed by atoms with Crippen molar-refractivity contribution in [3.8, 4) is 0 Å². The maximum Gasteiger partial charge on any atom is 0.218 e. The zero-order chi connectivity index (χ0) is 14.6. The van der Waals surface area contributed by atoms with Gasteiger partial charge in [-0.15, -0.1) is 0 Å². The number of nitrogens with zero attached hydrogens (tertiary/aromatic N) is 1. The number of anilines is 1. The number of hydrogen-bond acceptors (Lipinski definition) is 4. The van der Waals surface area contributed by atoms with Gasteiger partial charge in [0, 0.05) is 25.9 Å². The lowest BCUT2D eigenvalue weighted by molar-refractivity contribution is 0.0495. The molecule has 1 aromatic carbocycles. The van der Waals surface area contributed by atoms with E-state index in [0.717, 1.165) is 25.0 Å². The van der Waals surface area contributed by atoms with Gasteiger partial charge in [0.25, 0.3) is 0 Å². The van der Waals surface area contributed by atoms with Crippen LogP contribution in [0.2, 0.25) is 0 Å². The van der Waals surface area contributed by atoms with E-state index in [-0.39, 0.29) is 5.75 Å². The molecule has 0 bridgehead atoms. The average molecular weight is 298 g/mol. The molecule has 112 valence electrons. The zero-order valence-corrected chi connectivity index (χ0v) is 12.6. The van der Waals surface area contributed by atoms with Crippen molar-refractivity contribution in [1.29, 1.82) is 0 Å². The topological polar surface area (TPSA) is 72.6 Å². The SMILES string of the molecule is CN(CC1CCCOC1)S(=O)(=O)Cc1ccc(N)cc1. The second-order valence-electron chi connectivity index (χ2n) is 5.36. The maximum absolute atomic E-state index is 12.3. The van der Waals surface area contributed by atoms with Crippen LogP contribution < -0.4 is 5.73 Å². The summed E-state index contributed by atoms with van der Waals surface area (Å²) in [5.41, 5.74) is 6.99. The highest BCUT2D eigenvalue weighted by Gasteiger charge is 2.23. The first-order valence-electron chi connectivity index (χ1n) is 6.83. The Labute approximate surface area is 120 Å². The molecule has 6 heteroatoms. The number of nitrogens with two attached hydrogens (primary N) is 1. The molecule has 1 atom stereocenters. The summed E-state index contributed by atoms with van der Waals surface area (Å²) in [4.78, 5) is 0. The first-order chi connectivity index (χ1) is 9.47. The molecule has 1 aromatic rings. The highest BCUT2D eigenvalue weighted by molar-refractivity contribution is 7.88. The first kappa shape index (κ1) is 15.3. The molecule has 20 heavy (non-hydrogen) atoms. The Kier molecular flexibility index (Phi) is 5.01. The Morgan fingerprint density at radius 3 is 2.65 bits per heavy atom. The summed E-state index contributed by atoms with van der Waals surface area (Å²) in [6, 6.07) is 6.95. The maximum atomic E-state index is 12.3. The Morgan fingerprint density at radius 1 is 1.35 bits per heavy atom. The molecule has 1 saturated heterocycles.